The highest BCUT2D eigenvalue weighted by Gasteiger charge is 2.17. The van der Waals surface area contributed by atoms with Crippen LogP contribution in [-0.4, -0.2) is 32.0 Å². The third-order valence-corrected chi connectivity index (χ3v) is 5.44. The van der Waals surface area contributed by atoms with Gasteiger partial charge in [0.15, 0.2) is 15.6 Å². The Morgan fingerprint density at radius 2 is 1.74 bits per heavy atom. The lowest BCUT2D eigenvalue weighted by Gasteiger charge is -2.10. The third kappa shape index (κ3) is 6.21. The largest absolute Gasteiger partial charge is 0.491 e. The molecule has 2 rings (SSSR count). The molecule has 27 heavy (non-hydrogen) atoms. The van der Waals surface area contributed by atoms with Gasteiger partial charge < -0.3 is 10.1 Å². The Morgan fingerprint density at radius 1 is 1.07 bits per heavy atom. The van der Waals surface area contributed by atoms with Gasteiger partial charge in [-0.1, -0.05) is 12.1 Å². The number of Topliss-reactive ketones (excluding diaryl/α,β-unsaturated/α-hetero) is 1. The van der Waals surface area contributed by atoms with E-state index < -0.39 is 15.7 Å². The fourth-order valence-corrected chi connectivity index (χ4v) is 3.62. The average Bonchev–Trinajstić information content (AvgIpc) is 2.60. The number of rotatable bonds is 8. The van der Waals surface area contributed by atoms with Crippen LogP contribution in [0.4, 0.5) is 5.69 Å². The first-order chi connectivity index (χ1) is 12.7. The summed E-state index contributed by atoms with van der Waals surface area (Å²) in [6.45, 7) is 5.20. The number of carbonyl (C=O) groups excluding carboxylic acids is 2. The highest BCUT2D eigenvalue weighted by Crippen LogP contribution is 2.19. The summed E-state index contributed by atoms with van der Waals surface area (Å²) in [5, 5.41) is 2.62. The van der Waals surface area contributed by atoms with Crippen LogP contribution in [0.25, 0.3) is 0 Å². The fourth-order valence-electron chi connectivity index (χ4n) is 2.38. The predicted octanol–water partition coefficient (Wildman–Crippen LogP) is 3.48. The molecule has 7 heteroatoms. The van der Waals surface area contributed by atoms with Crippen LogP contribution in [0.3, 0.4) is 0 Å². The van der Waals surface area contributed by atoms with E-state index in [1.807, 2.05) is 13.8 Å². The number of hydrogen-bond donors (Lipinski definition) is 1. The van der Waals surface area contributed by atoms with Crippen molar-refractivity contribution in [2.75, 3.05) is 11.1 Å². The van der Waals surface area contributed by atoms with Crippen molar-refractivity contribution in [1.82, 2.24) is 0 Å². The second-order valence-corrected chi connectivity index (χ2v) is 8.50. The Morgan fingerprint density at radius 3 is 2.33 bits per heavy atom. The molecule has 0 unspecified atom stereocenters. The van der Waals surface area contributed by atoms with Crippen molar-refractivity contribution in [1.29, 1.82) is 0 Å². The third-order valence-electron chi connectivity index (χ3n) is 3.71. The van der Waals surface area contributed by atoms with Crippen LogP contribution >= 0.6 is 0 Å². The number of nitrogens with one attached hydrogen (secondary N) is 1. The Hall–Kier alpha value is -2.67. The van der Waals surface area contributed by atoms with Crippen molar-refractivity contribution in [2.45, 2.75) is 38.2 Å². The van der Waals surface area contributed by atoms with Gasteiger partial charge in [-0.3, -0.25) is 9.59 Å². The van der Waals surface area contributed by atoms with E-state index in [1.54, 1.807) is 36.4 Å². The van der Waals surface area contributed by atoms with Gasteiger partial charge >= 0.3 is 0 Å². The van der Waals surface area contributed by atoms with Crippen molar-refractivity contribution in [3.05, 3.63) is 54.1 Å². The Labute approximate surface area is 159 Å². The second kappa shape index (κ2) is 8.81. The summed E-state index contributed by atoms with van der Waals surface area (Å²) >= 11 is 0. The van der Waals surface area contributed by atoms with Crippen molar-refractivity contribution < 1.29 is 22.7 Å². The summed E-state index contributed by atoms with van der Waals surface area (Å²) < 4.78 is 30.3. The quantitative estimate of drug-likeness (QED) is 0.698. The van der Waals surface area contributed by atoms with Crippen molar-refractivity contribution in [2.24, 2.45) is 0 Å². The smallest absolute Gasteiger partial charge is 0.225 e. The molecule has 0 aromatic heterocycles. The molecule has 0 spiro atoms. The van der Waals surface area contributed by atoms with Gasteiger partial charge in [0.25, 0.3) is 0 Å². The lowest BCUT2D eigenvalue weighted by Crippen LogP contribution is -2.17. The summed E-state index contributed by atoms with van der Waals surface area (Å²) in [4.78, 5) is 23.6. The van der Waals surface area contributed by atoms with Crippen LogP contribution in [-0.2, 0) is 14.6 Å². The van der Waals surface area contributed by atoms with Crippen LogP contribution in [0.15, 0.2) is 53.4 Å². The van der Waals surface area contributed by atoms with E-state index in [0.717, 1.165) is 0 Å². The zero-order chi connectivity index (χ0) is 20.0. The Bertz CT molecular complexity index is 918. The molecule has 0 aliphatic rings. The zero-order valence-corrected chi connectivity index (χ0v) is 16.4. The van der Waals surface area contributed by atoms with Crippen molar-refractivity contribution >= 4 is 27.2 Å². The maximum absolute atomic E-state index is 12.4. The number of ether oxygens (including phenoxy) is 1. The molecule has 1 N–H and O–H groups in total. The molecule has 0 saturated heterocycles. The number of amides is 1. The monoisotopic (exact) mass is 389 g/mol. The molecular formula is C20H23NO5S. The molecule has 0 saturated carbocycles. The molecule has 0 atom stereocenters. The zero-order valence-electron chi connectivity index (χ0n) is 15.6. The minimum absolute atomic E-state index is 0.00217. The maximum Gasteiger partial charge on any atom is 0.225 e. The number of sulfone groups is 1. The van der Waals surface area contributed by atoms with Crippen LogP contribution in [0, 0.1) is 0 Å². The standard InChI is InChI=1S/C20H23NO5S/c1-14(2)26-18-7-9-19(10-8-18)27(24,25)12-11-20(23)21-17-6-4-5-16(13-17)15(3)22/h4-10,13-14H,11-12H2,1-3H3,(H,21,23). The number of carbonyl (C=O) groups is 2. The molecule has 2 aromatic rings. The molecule has 1 amide bonds. The minimum atomic E-state index is -3.58. The van der Waals surface area contributed by atoms with Gasteiger partial charge in [-0.25, -0.2) is 8.42 Å². The van der Waals surface area contributed by atoms with Gasteiger partial charge in [0.05, 0.1) is 16.8 Å². The molecular weight excluding hydrogens is 366 g/mol. The molecule has 2 aromatic carbocycles. The molecule has 0 heterocycles. The normalized spacial score (nSPS) is 11.3. The number of ketones is 1. The van der Waals surface area contributed by atoms with E-state index in [9.17, 15) is 18.0 Å². The molecule has 0 radical (unpaired) electrons. The van der Waals surface area contributed by atoms with E-state index in [2.05, 4.69) is 5.32 Å². The minimum Gasteiger partial charge on any atom is -0.491 e. The van der Waals surface area contributed by atoms with Gasteiger partial charge in [-0.15, -0.1) is 0 Å². The molecule has 6 nitrogen and oxygen atoms in total. The Kier molecular flexibility index (Phi) is 6.74. The Balaban J connectivity index is 1.97. The molecule has 0 fully saturated rings. The van der Waals surface area contributed by atoms with Crippen molar-refractivity contribution in [3.8, 4) is 5.75 Å². The topological polar surface area (TPSA) is 89.5 Å². The summed E-state index contributed by atoms with van der Waals surface area (Å²) in [5.41, 5.74) is 0.935. The fraction of sp³-hybridized carbons (Fsp3) is 0.300. The molecule has 0 aliphatic heterocycles. The lowest BCUT2D eigenvalue weighted by molar-refractivity contribution is -0.115. The summed E-state index contributed by atoms with van der Waals surface area (Å²) in [5.74, 6) is -0.264. The maximum atomic E-state index is 12.4. The van der Waals surface area contributed by atoms with E-state index in [-0.39, 0.29) is 29.0 Å². The number of hydrogen-bond acceptors (Lipinski definition) is 5. The van der Waals surface area contributed by atoms with Gasteiger partial charge in [-0.2, -0.15) is 0 Å². The van der Waals surface area contributed by atoms with Crippen LogP contribution in [0.2, 0.25) is 0 Å². The van der Waals surface area contributed by atoms with E-state index >= 15 is 0 Å². The van der Waals surface area contributed by atoms with E-state index in [1.165, 1.54) is 19.1 Å². The molecule has 0 bridgehead atoms. The van der Waals surface area contributed by atoms with Crippen molar-refractivity contribution in [3.63, 3.8) is 0 Å². The predicted molar refractivity (Wildman–Crippen MR) is 104 cm³/mol. The number of anilines is 1. The highest BCUT2D eigenvalue weighted by molar-refractivity contribution is 7.91. The van der Waals surface area contributed by atoms with Gasteiger partial charge in [-0.05, 0) is 57.2 Å². The van der Waals surface area contributed by atoms with Gasteiger partial charge in [0.1, 0.15) is 5.75 Å². The SMILES string of the molecule is CC(=O)c1cccc(NC(=O)CCS(=O)(=O)c2ccc(OC(C)C)cc2)c1. The first-order valence-electron chi connectivity index (χ1n) is 8.58. The first-order valence-corrected chi connectivity index (χ1v) is 10.2. The van der Waals surface area contributed by atoms with Crippen LogP contribution in [0.5, 0.6) is 5.75 Å². The summed E-state index contributed by atoms with van der Waals surface area (Å²) in [6.07, 6.45) is -0.186. The summed E-state index contributed by atoms with van der Waals surface area (Å²) in [7, 11) is -3.58. The van der Waals surface area contributed by atoms with Gasteiger partial charge in [0.2, 0.25) is 5.91 Å². The summed E-state index contributed by atoms with van der Waals surface area (Å²) in [6, 6.07) is 12.6. The van der Waals surface area contributed by atoms with E-state index in [4.69, 9.17) is 4.74 Å². The lowest BCUT2D eigenvalue weighted by atomic mass is 10.1. The molecule has 144 valence electrons. The number of benzene rings is 2. The highest BCUT2D eigenvalue weighted by atomic mass is 32.2. The molecule has 0 aliphatic carbocycles. The van der Waals surface area contributed by atoms with E-state index in [0.29, 0.717) is 17.0 Å². The first kappa shape index (κ1) is 20.6. The second-order valence-electron chi connectivity index (χ2n) is 6.39. The van der Waals surface area contributed by atoms with Gasteiger partial charge in [0, 0.05) is 17.7 Å². The average molecular weight is 389 g/mol. The van der Waals surface area contributed by atoms with Crippen LogP contribution in [0.1, 0.15) is 37.6 Å². The van der Waals surface area contributed by atoms with Crippen LogP contribution < -0.4 is 10.1 Å².